The van der Waals surface area contributed by atoms with Crippen molar-refractivity contribution in [2.75, 3.05) is 0 Å². The molecule has 12 aromatic rings. The number of hydrogen-bond donors (Lipinski definition) is 0. The molecule has 10 aromatic carbocycles. The lowest BCUT2D eigenvalue weighted by molar-refractivity contribution is 0.670. The number of aromatic nitrogens is 3. The number of furan rings is 1. The molecule has 0 N–H and O–H groups in total. The van der Waals surface area contributed by atoms with Gasteiger partial charge in [-0.05, 0) is 91.5 Å². The number of para-hydroxylation sites is 2. The van der Waals surface area contributed by atoms with Crippen LogP contribution in [0.4, 0.5) is 0 Å². The highest BCUT2D eigenvalue weighted by atomic mass is 16.3. The zero-order valence-electron chi connectivity index (χ0n) is 36.4. The number of benzene rings is 10. The van der Waals surface area contributed by atoms with E-state index in [-0.39, 0.29) is 0 Å². The largest absolute Gasteiger partial charge is 0.455 e. The van der Waals surface area contributed by atoms with Gasteiger partial charge in [0.25, 0.3) is 0 Å². The second-order valence-corrected chi connectivity index (χ2v) is 16.8. The molecular formula is C63H41N3O. The van der Waals surface area contributed by atoms with Crippen LogP contribution < -0.4 is 0 Å². The average Bonchev–Trinajstić information content (AvgIpc) is 3.81. The van der Waals surface area contributed by atoms with Crippen molar-refractivity contribution in [3.63, 3.8) is 0 Å². The van der Waals surface area contributed by atoms with Crippen LogP contribution in [0.5, 0.6) is 0 Å². The van der Waals surface area contributed by atoms with E-state index in [4.69, 9.17) is 19.4 Å². The minimum atomic E-state index is 0.598. The highest BCUT2D eigenvalue weighted by molar-refractivity contribution is 6.09. The van der Waals surface area contributed by atoms with E-state index < -0.39 is 0 Å². The second kappa shape index (κ2) is 17.2. The van der Waals surface area contributed by atoms with E-state index in [9.17, 15) is 0 Å². The molecule has 2 aromatic heterocycles. The molecule has 67 heavy (non-hydrogen) atoms. The lowest BCUT2D eigenvalue weighted by Crippen LogP contribution is -2.01. The molecule has 0 saturated heterocycles. The molecule has 0 aliphatic rings. The fraction of sp³-hybridized carbons (Fsp3) is 0. The van der Waals surface area contributed by atoms with Crippen LogP contribution >= 0.6 is 0 Å². The number of rotatable bonds is 9. The Kier molecular flexibility index (Phi) is 10.2. The van der Waals surface area contributed by atoms with Gasteiger partial charge in [-0.15, -0.1) is 0 Å². The molecule has 0 fully saturated rings. The Hall–Kier alpha value is -8.99. The van der Waals surface area contributed by atoms with Crippen LogP contribution in [-0.4, -0.2) is 15.0 Å². The van der Waals surface area contributed by atoms with Gasteiger partial charge in [0.05, 0.1) is 0 Å². The molecule has 2 heterocycles. The minimum absolute atomic E-state index is 0.598. The molecular weight excluding hydrogens is 815 g/mol. The van der Waals surface area contributed by atoms with Crippen molar-refractivity contribution in [1.29, 1.82) is 0 Å². The minimum Gasteiger partial charge on any atom is -0.455 e. The van der Waals surface area contributed by atoms with Crippen LogP contribution in [0.2, 0.25) is 0 Å². The summed E-state index contributed by atoms with van der Waals surface area (Å²) in [6.07, 6.45) is 0. The molecule has 0 aliphatic carbocycles. The zero-order valence-corrected chi connectivity index (χ0v) is 36.4. The summed E-state index contributed by atoms with van der Waals surface area (Å²) >= 11 is 0. The van der Waals surface area contributed by atoms with Gasteiger partial charge in [0, 0.05) is 33.0 Å². The molecule has 0 bridgehead atoms. The molecule has 4 nitrogen and oxygen atoms in total. The van der Waals surface area contributed by atoms with Gasteiger partial charge >= 0.3 is 0 Å². The standard InChI is InChI=1S/C63H41N3O/c1-3-16-42(17-4-1)46-20-11-23-49(38-46)50-24-14-27-53(41-50)62-64-61(65-63(66-62)58-30-8-7-28-54(58)51-25-12-21-47(39-51)43-18-5-2-6-19-43)45-36-34-44(35-37-45)48-22-13-26-52(40-48)55-31-15-32-57-56-29-9-10-33-59(56)67-60(55)57/h1-41H. The third-order valence-corrected chi connectivity index (χ3v) is 12.6. The van der Waals surface area contributed by atoms with Gasteiger partial charge in [0.2, 0.25) is 0 Å². The summed E-state index contributed by atoms with van der Waals surface area (Å²) in [6, 6.07) is 87.1. The van der Waals surface area contributed by atoms with Crippen LogP contribution in [0.25, 0.3) is 123 Å². The van der Waals surface area contributed by atoms with E-state index >= 15 is 0 Å². The predicted octanol–water partition coefficient (Wildman–Crippen LogP) is 16.8. The molecule has 0 radical (unpaired) electrons. The Labute approximate surface area is 389 Å². The fourth-order valence-corrected chi connectivity index (χ4v) is 9.18. The maximum absolute atomic E-state index is 6.42. The molecule has 0 amide bonds. The van der Waals surface area contributed by atoms with Crippen LogP contribution in [0.3, 0.4) is 0 Å². The lowest BCUT2D eigenvalue weighted by atomic mass is 9.95. The van der Waals surface area contributed by atoms with E-state index in [0.29, 0.717) is 17.5 Å². The summed E-state index contributed by atoms with van der Waals surface area (Å²) < 4.78 is 6.42. The molecule has 4 heteroatoms. The smallest absolute Gasteiger partial charge is 0.164 e. The topological polar surface area (TPSA) is 51.8 Å². The van der Waals surface area contributed by atoms with E-state index in [1.807, 2.05) is 24.3 Å². The first-order valence-corrected chi connectivity index (χ1v) is 22.6. The molecule has 0 unspecified atom stereocenters. The van der Waals surface area contributed by atoms with Crippen molar-refractivity contribution >= 4 is 21.9 Å². The highest BCUT2D eigenvalue weighted by Gasteiger charge is 2.18. The molecule has 314 valence electrons. The maximum atomic E-state index is 6.42. The molecule has 0 aliphatic heterocycles. The Bertz CT molecular complexity index is 3740. The summed E-state index contributed by atoms with van der Waals surface area (Å²) in [5, 5.41) is 2.24. The third kappa shape index (κ3) is 7.77. The second-order valence-electron chi connectivity index (χ2n) is 16.8. The first-order valence-electron chi connectivity index (χ1n) is 22.6. The Morgan fingerprint density at radius 3 is 1.24 bits per heavy atom. The molecule has 0 saturated carbocycles. The third-order valence-electron chi connectivity index (χ3n) is 12.6. The van der Waals surface area contributed by atoms with E-state index in [1.165, 1.54) is 16.7 Å². The van der Waals surface area contributed by atoms with Crippen molar-refractivity contribution in [2.45, 2.75) is 0 Å². The van der Waals surface area contributed by atoms with Crippen molar-refractivity contribution in [1.82, 2.24) is 15.0 Å². The molecule has 0 atom stereocenters. The predicted molar refractivity (Wildman–Crippen MR) is 276 cm³/mol. The lowest BCUT2D eigenvalue weighted by Gasteiger charge is -2.14. The van der Waals surface area contributed by atoms with Gasteiger partial charge in [-0.2, -0.15) is 0 Å². The SMILES string of the molecule is c1ccc(-c2cccc(-c3cccc(-c4nc(-c5ccc(-c6cccc(-c7cccc8c7oc7ccccc78)c6)cc5)nc(-c5ccccc5-c5cccc(-c6ccccc6)c5)n4)c3)c2)cc1. The summed E-state index contributed by atoms with van der Waals surface area (Å²) in [7, 11) is 0. The summed E-state index contributed by atoms with van der Waals surface area (Å²) in [5.41, 5.74) is 17.9. The van der Waals surface area contributed by atoms with Crippen molar-refractivity contribution < 1.29 is 4.42 Å². The van der Waals surface area contributed by atoms with Gasteiger partial charge in [-0.3, -0.25) is 0 Å². The Morgan fingerprint density at radius 1 is 0.224 bits per heavy atom. The van der Waals surface area contributed by atoms with E-state index in [1.54, 1.807) is 0 Å². The Morgan fingerprint density at radius 2 is 0.597 bits per heavy atom. The number of nitrogens with zero attached hydrogens (tertiary/aromatic N) is 3. The van der Waals surface area contributed by atoms with Crippen molar-refractivity contribution in [3.8, 4) is 101 Å². The van der Waals surface area contributed by atoms with Crippen LogP contribution in [0.15, 0.2) is 253 Å². The fourth-order valence-electron chi connectivity index (χ4n) is 9.18. The van der Waals surface area contributed by atoms with Gasteiger partial charge in [-0.1, -0.05) is 218 Å². The van der Waals surface area contributed by atoms with Gasteiger partial charge in [-0.25, -0.2) is 15.0 Å². The average molecular weight is 856 g/mol. The Balaban J connectivity index is 0.948. The first-order chi connectivity index (χ1) is 33.2. The maximum Gasteiger partial charge on any atom is 0.164 e. The molecule has 0 spiro atoms. The van der Waals surface area contributed by atoms with E-state index in [2.05, 4.69) is 224 Å². The normalized spacial score (nSPS) is 11.3. The summed E-state index contributed by atoms with van der Waals surface area (Å²) in [4.78, 5) is 15.8. The molecule has 12 rings (SSSR count). The monoisotopic (exact) mass is 855 g/mol. The van der Waals surface area contributed by atoms with Gasteiger partial charge < -0.3 is 4.42 Å². The van der Waals surface area contributed by atoms with E-state index in [0.717, 1.165) is 88.7 Å². The highest BCUT2D eigenvalue weighted by Crippen LogP contribution is 2.39. The van der Waals surface area contributed by atoms with Gasteiger partial charge in [0.1, 0.15) is 11.2 Å². The quantitative estimate of drug-likeness (QED) is 0.145. The zero-order chi connectivity index (χ0) is 44.5. The van der Waals surface area contributed by atoms with Gasteiger partial charge in [0.15, 0.2) is 17.5 Å². The van der Waals surface area contributed by atoms with Crippen LogP contribution in [0, 0.1) is 0 Å². The van der Waals surface area contributed by atoms with Crippen molar-refractivity contribution in [3.05, 3.63) is 249 Å². The number of fused-ring (bicyclic) bond motifs is 3. The summed E-state index contributed by atoms with van der Waals surface area (Å²) in [6.45, 7) is 0. The van der Waals surface area contributed by atoms with Crippen LogP contribution in [0.1, 0.15) is 0 Å². The summed E-state index contributed by atoms with van der Waals surface area (Å²) in [5.74, 6) is 1.81. The first kappa shape index (κ1) is 39.6. The van der Waals surface area contributed by atoms with Crippen molar-refractivity contribution in [2.24, 2.45) is 0 Å². The number of hydrogen-bond acceptors (Lipinski definition) is 4. The van der Waals surface area contributed by atoms with Crippen LogP contribution in [-0.2, 0) is 0 Å².